The number of hydrogen-bond acceptors (Lipinski definition) is 2. The topological polar surface area (TPSA) is 32.3 Å². The summed E-state index contributed by atoms with van der Waals surface area (Å²) in [5.41, 5.74) is 1.04. The van der Waals surface area contributed by atoms with Crippen LogP contribution in [0.1, 0.15) is 36.5 Å². The molecule has 32 heavy (non-hydrogen) atoms. The zero-order valence-electron chi connectivity index (χ0n) is 17.7. The molecule has 1 N–H and O–H groups in total. The second kappa shape index (κ2) is 10.7. The fourth-order valence-electron chi connectivity index (χ4n) is 3.58. The Balaban J connectivity index is 1.55. The highest BCUT2D eigenvalue weighted by atomic mass is 35.5. The van der Waals surface area contributed by atoms with Crippen LogP contribution in [-0.4, -0.2) is 30.4 Å². The van der Waals surface area contributed by atoms with E-state index in [-0.39, 0.29) is 5.02 Å². The highest BCUT2D eigenvalue weighted by Crippen LogP contribution is 2.32. The summed E-state index contributed by atoms with van der Waals surface area (Å²) in [6.07, 6.45) is 1.41. The minimum atomic E-state index is -4.47. The molecule has 2 aromatic carbocycles. The Morgan fingerprint density at radius 3 is 2.47 bits per heavy atom. The summed E-state index contributed by atoms with van der Waals surface area (Å²) < 4.78 is 38.2. The maximum atomic E-state index is 12.7. The summed E-state index contributed by atoms with van der Waals surface area (Å²) in [5, 5.41) is 3.20. The Morgan fingerprint density at radius 1 is 1.12 bits per heavy atom. The Kier molecular flexibility index (Phi) is 8.26. The minimum absolute atomic E-state index is 0.0839. The lowest BCUT2D eigenvalue weighted by Gasteiger charge is -2.30. The van der Waals surface area contributed by atoms with Crippen molar-refractivity contribution in [3.05, 3.63) is 69.2 Å². The van der Waals surface area contributed by atoms with Crippen LogP contribution in [0.15, 0.2) is 42.5 Å². The molecule has 1 fully saturated rings. The van der Waals surface area contributed by atoms with Crippen molar-refractivity contribution in [2.75, 3.05) is 25.0 Å². The van der Waals surface area contributed by atoms with Crippen molar-refractivity contribution in [1.29, 1.82) is 0 Å². The Labute approximate surface area is 196 Å². The molecule has 1 heterocycles. The van der Waals surface area contributed by atoms with Gasteiger partial charge in [0.2, 0.25) is 5.91 Å². The van der Waals surface area contributed by atoms with Crippen LogP contribution in [0.4, 0.5) is 18.9 Å². The molecule has 2 aromatic rings. The van der Waals surface area contributed by atoms with E-state index in [9.17, 15) is 18.0 Å². The molecular weight excluding hydrogens is 460 g/mol. The molecular formula is C24H25Cl2F3N2O. The number of halogens is 5. The van der Waals surface area contributed by atoms with Gasteiger partial charge in [0.1, 0.15) is 0 Å². The number of carbonyl (C=O) groups excluding carboxylic acids is 1. The first-order valence-electron chi connectivity index (χ1n) is 10.5. The van der Waals surface area contributed by atoms with E-state index in [4.69, 9.17) is 23.2 Å². The van der Waals surface area contributed by atoms with Gasteiger partial charge >= 0.3 is 6.18 Å². The number of rotatable bonds is 6. The smallest absolute Gasteiger partial charge is 0.322 e. The van der Waals surface area contributed by atoms with Crippen molar-refractivity contribution >= 4 is 40.9 Å². The first-order valence-corrected chi connectivity index (χ1v) is 11.2. The standard InChI is InChI=1S/C24H25Cl2F3N2O/c1-16-8-11-31(12-9-16)13-10-18-3-6-20(15-22(18)26)30-23(32)7-4-17-2-5-19(14-21(17)25)24(27,28)29/h2-7,14-16H,8-13H2,1H3,(H,30,32). The van der Waals surface area contributed by atoms with Crippen molar-refractivity contribution in [1.82, 2.24) is 4.90 Å². The number of alkyl halides is 3. The van der Waals surface area contributed by atoms with Gasteiger partial charge in [-0.1, -0.05) is 42.3 Å². The van der Waals surface area contributed by atoms with Crippen molar-refractivity contribution in [3.8, 4) is 0 Å². The van der Waals surface area contributed by atoms with Crippen LogP contribution in [0.2, 0.25) is 10.0 Å². The minimum Gasteiger partial charge on any atom is -0.322 e. The lowest BCUT2D eigenvalue weighted by Crippen LogP contribution is -2.34. The highest BCUT2D eigenvalue weighted by molar-refractivity contribution is 6.32. The number of nitrogens with zero attached hydrogens (tertiary/aromatic N) is 1. The first-order chi connectivity index (χ1) is 15.1. The third-order valence-corrected chi connectivity index (χ3v) is 6.32. The molecule has 1 aliphatic heterocycles. The molecule has 1 amide bonds. The van der Waals surface area contributed by atoms with Gasteiger partial charge in [0, 0.05) is 28.4 Å². The second-order valence-electron chi connectivity index (χ2n) is 8.14. The molecule has 1 aliphatic rings. The fourth-order valence-corrected chi connectivity index (χ4v) is 4.10. The number of hydrogen-bond donors (Lipinski definition) is 1. The van der Waals surface area contributed by atoms with Crippen LogP contribution in [-0.2, 0) is 17.4 Å². The predicted molar refractivity (Wildman–Crippen MR) is 124 cm³/mol. The molecule has 0 unspecified atom stereocenters. The molecule has 0 radical (unpaired) electrons. The molecule has 0 aromatic heterocycles. The van der Waals surface area contributed by atoms with Crippen LogP contribution in [0, 0.1) is 5.92 Å². The number of piperidine rings is 1. The largest absolute Gasteiger partial charge is 0.416 e. The molecule has 0 spiro atoms. The van der Waals surface area contributed by atoms with Gasteiger partial charge in [0.15, 0.2) is 0 Å². The van der Waals surface area contributed by atoms with E-state index in [0.29, 0.717) is 16.3 Å². The van der Waals surface area contributed by atoms with Crippen molar-refractivity contribution in [2.24, 2.45) is 5.92 Å². The zero-order chi connectivity index (χ0) is 23.3. The number of benzene rings is 2. The molecule has 0 saturated carbocycles. The van der Waals surface area contributed by atoms with Gasteiger partial charge in [-0.3, -0.25) is 4.79 Å². The van der Waals surface area contributed by atoms with E-state index in [2.05, 4.69) is 17.1 Å². The molecule has 8 heteroatoms. The van der Waals surface area contributed by atoms with Crippen LogP contribution in [0.5, 0.6) is 0 Å². The molecule has 0 atom stereocenters. The van der Waals surface area contributed by atoms with Gasteiger partial charge in [0.05, 0.1) is 5.56 Å². The number of nitrogens with one attached hydrogen (secondary N) is 1. The van der Waals surface area contributed by atoms with Gasteiger partial charge in [-0.2, -0.15) is 13.2 Å². The van der Waals surface area contributed by atoms with E-state index in [0.717, 1.165) is 49.7 Å². The summed E-state index contributed by atoms with van der Waals surface area (Å²) in [6.45, 7) is 5.47. The van der Waals surface area contributed by atoms with Gasteiger partial charge in [-0.05, 0) is 79.7 Å². The van der Waals surface area contributed by atoms with E-state index in [1.807, 2.05) is 6.07 Å². The van der Waals surface area contributed by atoms with Gasteiger partial charge in [-0.25, -0.2) is 0 Å². The van der Waals surface area contributed by atoms with E-state index < -0.39 is 17.6 Å². The van der Waals surface area contributed by atoms with E-state index in [1.165, 1.54) is 31.1 Å². The van der Waals surface area contributed by atoms with Gasteiger partial charge in [-0.15, -0.1) is 0 Å². The summed E-state index contributed by atoms with van der Waals surface area (Å²) in [5.74, 6) is 0.356. The lowest BCUT2D eigenvalue weighted by molar-refractivity contribution is -0.137. The van der Waals surface area contributed by atoms with Crippen LogP contribution < -0.4 is 5.32 Å². The lowest BCUT2D eigenvalue weighted by atomic mass is 9.99. The summed E-state index contributed by atoms with van der Waals surface area (Å²) in [6, 6.07) is 8.38. The number of anilines is 1. The molecule has 3 rings (SSSR count). The quantitative estimate of drug-likeness (QED) is 0.450. The van der Waals surface area contributed by atoms with Crippen LogP contribution in [0.25, 0.3) is 6.08 Å². The van der Waals surface area contributed by atoms with E-state index in [1.54, 1.807) is 12.1 Å². The molecule has 0 aliphatic carbocycles. The first kappa shape index (κ1) is 24.6. The molecule has 3 nitrogen and oxygen atoms in total. The predicted octanol–water partition coefficient (Wildman–Crippen LogP) is 6.94. The number of amides is 1. The average molecular weight is 485 g/mol. The third-order valence-electron chi connectivity index (χ3n) is 5.64. The zero-order valence-corrected chi connectivity index (χ0v) is 19.2. The van der Waals surface area contributed by atoms with Crippen molar-refractivity contribution in [3.63, 3.8) is 0 Å². The second-order valence-corrected chi connectivity index (χ2v) is 8.95. The number of carbonyl (C=O) groups is 1. The van der Waals surface area contributed by atoms with Crippen molar-refractivity contribution in [2.45, 2.75) is 32.4 Å². The third kappa shape index (κ3) is 6.99. The molecule has 1 saturated heterocycles. The van der Waals surface area contributed by atoms with Crippen molar-refractivity contribution < 1.29 is 18.0 Å². The molecule has 0 bridgehead atoms. The van der Waals surface area contributed by atoms with Crippen LogP contribution in [0.3, 0.4) is 0 Å². The Hall–Kier alpha value is -2.02. The fraction of sp³-hybridized carbons (Fsp3) is 0.375. The maximum absolute atomic E-state index is 12.7. The SMILES string of the molecule is CC1CCN(CCc2ccc(NC(=O)C=Cc3ccc(C(F)(F)F)cc3Cl)cc2Cl)CC1. The van der Waals surface area contributed by atoms with Gasteiger partial charge < -0.3 is 10.2 Å². The summed E-state index contributed by atoms with van der Waals surface area (Å²) >= 11 is 12.3. The average Bonchev–Trinajstić information content (AvgIpc) is 2.73. The molecule has 172 valence electrons. The van der Waals surface area contributed by atoms with Gasteiger partial charge in [0.25, 0.3) is 0 Å². The monoisotopic (exact) mass is 484 g/mol. The van der Waals surface area contributed by atoms with Crippen LogP contribution >= 0.6 is 23.2 Å². The Morgan fingerprint density at radius 2 is 1.84 bits per heavy atom. The highest BCUT2D eigenvalue weighted by Gasteiger charge is 2.30. The van der Waals surface area contributed by atoms with E-state index >= 15 is 0 Å². The maximum Gasteiger partial charge on any atom is 0.416 e. The summed E-state index contributed by atoms with van der Waals surface area (Å²) in [4.78, 5) is 14.7. The summed E-state index contributed by atoms with van der Waals surface area (Å²) in [7, 11) is 0. The Bertz CT molecular complexity index is 984. The number of likely N-dealkylation sites (tertiary alicyclic amines) is 1. The normalized spacial score (nSPS) is 15.9.